The van der Waals surface area contributed by atoms with Crippen LogP contribution in [0.5, 0.6) is 0 Å². The summed E-state index contributed by atoms with van der Waals surface area (Å²) >= 11 is 0. The molecule has 1 aliphatic heterocycles. The minimum absolute atomic E-state index is 0.184. The van der Waals surface area contributed by atoms with Crippen LogP contribution in [0.15, 0.2) is 12.3 Å². The second-order valence-electron chi connectivity index (χ2n) is 6.95. The van der Waals surface area contributed by atoms with E-state index in [0.29, 0.717) is 12.0 Å². The molecule has 1 aliphatic rings. The van der Waals surface area contributed by atoms with Crippen molar-refractivity contribution in [3.63, 3.8) is 0 Å². The van der Waals surface area contributed by atoms with Crippen LogP contribution >= 0.6 is 0 Å². The molecular weight excluding hydrogens is 234 g/mol. The molecule has 1 saturated heterocycles. The monoisotopic (exact) mass is 269 g/mol. The third-order valence-corrected chi connectivity index (χ3v) is 4.23. The van der Waals surface area contributed by atoms with Gasteiger partial charge in [0.2, 0.25) is 0 Å². The zero-order chi connectivity index (χ0) is 15.4. The molecule has 0 atom stereocenters. The Kier molecular flexibility index (Phi) is 6.61. The molecule has 0 aromatic rings. The van der Waals surface area contributed by atoms with Gasteiger partial charge in [0.25, 0.3) is 0 Å². The molecule has 0 aliphatic carbocycles. The second-order valence-corrected chi connectivity index (χ2v) is 6.95. The van der Waals surface area contributed by atoms with Gasteiger partial charge in [0.15, 0.2) is 0 Å². The summed E-state index contributed by atoms with van der Waals surface area (Å²) in [5.41, 5.74) is 0.368. The highest BCUT2D eigenvalue weighted by molar-refractivity contribution is 5.01. The molecule has 0 amide bonds. The Labute approximate surface area is 121 Å². The van der Waals surface area contributed by atoms with Crippen LogP contribution in [0.2, 0.25) is 0 Å². The van der Waals surface area contributed by atoms with Gasteiger partial charge >= 0.3 is 0 Å². The molecule has 19 heavy (non-hydrogen) atoms. The number of likely N-dealkylation sites (tertiary alicyclic amines) is 1. The van der Waals surface area contributed by atoms with E-state index in [0.717, 1.165) is 18.6 Å². The van der Waals surface area contributed by atoms with Crippen LogP contribution in [-0.2, 0) is 4.74 Å². The number of nitrogens with zero attached hydrogens (tertiary/aromatic N) is 1. The minimum atomic E-state index is 0.184. The van der Waals surface area contributed by atoms with Crippen molar-refractivity contribution in [1.82, 2.24) is 4.90 Å². The van der Waals surface area contributed by atoms with Crippen molar-refractivity contribution in [2.45, 2.75) is 85.4 Å². The molecule has 0 unspecified atom stereocenters. The Morgan fingerprint density at radius 1 is 1.11 bits per heavy atom. The lowest BCUT2D eigenvalue weighted by molar-refractivity contribution is -0.0773. The third-order valence-electron chi connectivity index (χ3n) is 4.23. The minimum Gasteiger partial charge on any atom is -0.495 e. The highest BCUT2D eigenvalue weighted by Gasteiger charge is 2.44. The largest absolute Gasteiger partial charge is 0.495 e. The summed E-state index contributed by atoms with van der Waals surface area (Å²) in [6.07, 6.45) is 2.43. The average Bonchev–Trinajstić information content (AvgIpc) is 2.27. The molecule has 0 N–H and O–H groups in total. The van der Waals surface area contributed by atoms with Crippen molar-refractivity contribution in [3.8, 4) is 0 Å². The highest BCUT2D eigenvalue weighted by Crippen LogP contribution is 2.38. The number of hydrogen-bond acceptors (Lipinski definition) is 2. The molecule has 0 spiro atoms. The predicted octanol–water partition coefficient (Wildman–Crippen LogP) is 4.85. The maximum atomic E-state index is 6.05. The Bertz CT molecular complexity index is 274. The van der Waals surface area contributed by atoms with Crippen LogP contribution in [0.3, 0.4) is 0 Å². The van der Waals surface area contributed by atoms with E-state index in [9.17, 15) is 0 Å². The van der Waals surface area contributed by atoms with E-state index in [1.807, 2.05) is 13.8 Å². The standard InChI is InChI=1S/C15H29NO.C2H6/c1-11(2)12(3)17-13-9-14(4,5)16(8)15(6,7)10-13;1-2/h11,13H,3,9-10H2,1-2,4-8H3;1-2H3. The Morgan fingerprint density at radius 2 is 1.47 bits per heavy atom. The van der Waals surface area contributed by atoms with Crippen LogP contribution in [-0.4, -0.2) is 29.1 Å². The third kappa shape index (κ3) is 4.83. The molecule has 0 saturated carbocycles. The smallest absolute Gasteiger partial charge is 0.102 e. The maximum absolute atomic E-state index is 6.05. The van der Waals surface area contributed by atoms with Gasteiger partial charge in [0.05, 0.1) is 5.76 Å². The quantitative estimate of drug-likeness (QED) is 0.679. The average molecular weight is 269 g/mol. The second kappa shape index (κ2) is 6.78. The van der Waals surface area contributed by atoms with Gasteiger partial charge in [0, 0.05) is 29.8 Å². The summed E-state index contributed by atoms with van der Waals surface area (Å²) < 4.78 is 6.05. The fourth-order valence-corrected chi connectivity index (χ4v) is 2.71. The molecule has 2 heteroatoms. The molecule has 114 valence electrons. The first-order valence-electron chi connectivity index (χ1n) is 7.65. The lowest BCUT2D eigenvalue weighted by atomic mass is 9.78. The van der Waals surface area contributed by atoms with E-state index in [-0.39, 0.29) is 11.1 Å². The van der Waals surface area contributed by atoms with Crippen molar-refractivity contribution in [1.29, 1.82) is 0 Å². The van der Waals surface area contributed by atoms with E-state index in [4.69, 9.17) is 4.74 Å². The van der Waals surface area contributed by atoms with E-state index in [1.54, 1.807) is 0 Å². The molecule has 1 fully saturated rings. The first-order chi connectivity index (χ1) is 8.56. The fraction of sp³-hybridized carbons (Fsp3) is 0.882. The van der Waals surface area contributed by atoms with Gasteiger partial charge in [-0.2, -0.15) is 0 Å². The SMILES string of the molecule is C=C(OC1CC(C)(C)N(C)C(C)(C)C1)C(C)C.CC. The Morgan fingerprint density at radius 3 is 1.79 bits per heavy atom. The first-order valence-corrected chi connectivity index (χ1v) is 7.65. The molecular formula is C17H35NO. The summed E-state index contributed by atoms with van der Waals surface area (Å²) in [6, 6.07) is 0. The molecule has 0 aromatic heterocycles. The Hall–Kier alpha value is -0.500. The molecule has 0 bridgehead atoms. The summed E-state index contributed by atoms with van der Waals surface area (Å²) in [6.45, 7) is 21.5. The van der Waals surface area contributed by atoms with Gasteiger partial charge in [0.1, 0.15) is 6.10 Å². The van der Waals surface area contributed by atoms with Crippen molar-refractivity contribution in [2.75, 3.05) is 7.05 Å². The van der Waals surface area contributed by atoms with Gasteiger partial charge in [-0.15, -0.1) is 0 Å². The van der Waals surface area contributed by atoms with E-state index >= 15 is 0 Å². The summed E-state index contributed by atoms with van der Waals surface area (Å²) in [7, 11) is 2.22. The van der Waals surface area contributed by atoms with Gasteiger partial charge in [-0.25, -0.2) is 0 Å². The van der Waals surface area contributed by atoms with Gasteiger partial charge in [-0.3, -0.25) is 4.90 Å². The number of allylic oxidation sites excluding steroid dienone is 1. The molecule has 1 rings (SSSR count). The van der Waals surface area contributed by atoms with Gasteiger partial charge < -0.3 is 4.74 Å². The Balaban J connectivity index is 0.00000154. The van der Waals surface area contributed by atoms with Crippen LogP contribution in [0.25, 0.3) is 0 Å². The zero-order valence-corrected chi connectivity index (χ0v) is 14.6. The van der Waals surface area contributed by atoms with Crippen molar-refractivity contribution in [3.05, 3.63) is 12.3 Å². The van der Waals surface area contributed by atoms with Gasteiger partial charge in [-0.1, -0.05) is 34.3 Å². The molecule has 0 aromatic carbocycles. The lowest BCUT2D eigenvalue weighted by Gasteiger charge is -2.53. The summed E-state index contributed by atoms with van der Waals surface area (Å²) in [5, 5.41) is 0. The summed E-state index contributed by atoms with van der Waals surface area (Å²) in [5.74, 6) is 1.33. The molecule has 2 nitrogen and oxygen atoms in total. The normalized spacial score (nSPS) is 22.6. The van der Waals surface area contributed by atoms with E-state index in [2.05, 4.69) is 60.1 Å². The fourth-order valence-electron chi connectivity index (χ4n) is 2.71. The zero-order valence-electron chi connectivity index (χ0n) is 14.6. The van der Waals surface area contributed by atoms with Crippen molar-refractivity contribution in [2.24, 2.45) is 5.92 Å². The van der Waals surface area contributed by atoms with Crippen LogP contribution in [0.4, 0.5) is 0 Å². The van der Waals surface area contributed by atoms with E-state index in [1.165, 1.54) is 0 Å². The van der Waals surface area contributed by atoms with Crippen LogP contribution in [0.1, 0.15) is 68.2 Å². The van der Waals surface area contributed by atoms with Crippen molar-refractivity contribution < 1.29 is 4.74 Å². The predicted molar refractivity (Wildman–Crippen MR) is 85.4 cm³/mol. The number of hydrogen-bond donors (Lipinski definition) is 0. The lowest BCUT2D eigenvalue weighted by Crippen LogP contribution is -2.60. The first kappa shape index (κ1) is 18.5. The van der Waals surface area contributed by atoms with Crippen LogP contribution < -0.4 is 0 Å². The van der Waals surface area contributed by atoms with Gasteiger partial charge in [-0.05, 0) is 34.7 Å². The van der Waals surface area contributed by atoms with E-state index < -0.39 is 0 Å². The van der Waals surface area contributed by atoms with Crippen molar-refractivity contribution >= 4 is 0 Å². The maximum Gasteiger partial charge on any atom is 0.102 e. The van der Waals surface area contributed by atoms with Crippen LogP contribution in [0, 0.1) is 5.92 Å². The topological polar surface area (TPSA) is 12.5 Å². The highest BCUT2D eigenvalue weighted by atomic mass is 16.5. The number of ether oxygens (including phenoxy) is 1. The molecule has 0 radical (unpaired) electrons. The molecule has 1 heterocycles. The number of piperidine rings is 1. The number of rotatable bonds is 3. The summed E-state index contributed by atoms with van der Waals surface area (Å²) in [4.78, 5) is 2.47.